The molecule has 158 valence electrons. The van der Waals surface area contributed by atoms with Crippen molar-refractivity contribution in [2.45, 2.75) is 6.61 Å². The van der Waals surface area contributed by atoms with Crippen molar-refractivity contribution < 1.29 is 9.53 Å². The second-order valence-electron chi connectivity index (χ2n) is 6.50. The van der Waals surface area contributed by atoms with Gasteiger partial charge in [0.15, 0.2) is 0 Å². The molecule has 3 rings (SSSR count). The SMILES string of the molecule is N#C/C(=C/c1cc(I)c(OCc2ccccc2C#N)c(I)c1)C(=O)Nc1ccc(Cl)cc1. The van der Waals surface area contributed by atoms with E-state index in [4.69, 9.17) is 16.3 Å². The number of carbonyl (C=O) groups excluding carboxylic acids is 1. The molecule has 0 heterocycles. The molecule has 0 aromatic heterocycles. The van der Waals surface area contributed by atoms with Gasteiger partial charge in [0.25, 0.3) is 5.91 Å². The summed E-state index contributed by atoms with van der Waals surface area (Å²) < 4.78 is 7.63. The van der Waals surface area contributed by atoms with Gasteiger partial charge in [-0.3, -0.25) is 4.79 Å². The molecule has 0 saturated carbocycles. The predicted molar refractivity (Wildman–Crippen MR) is 141 cm³/mol. The number of anilines is 1. The lowest BCUT2D eigenvalue weighted by molar-refractivity contribution is -0.112. The van der Waals surface area contributed by atoms with Gasteiger partial charge in [0.2, 0.25) is 0 Å². The molecule has 5 nitrogen and oxygen atoms in total. The highest BCUT2D eigenvalue weighted by Gasteiger charge is 2.13. The second kappa shape index (κ2) is 11.3. The van der Waals surface area contributed by atoms with Gasteiger partial charge in [0, 0.05) is 16.3 Å². The van der Waals surface area contributed by atoms with E-state index in [1.165, 1.54) is 6.08 Å². The van der Waals surface area contributed by atoms with Crippen molar-refractivity contribution in [3.05, 3.63) is 95.1 Å². The number of rotatable bonds is 6. The molecule has 8 heteroatoms. The van der Waals surface area contributed by atoms with Crippen LogP contribution in [-0.2, 0) is 11.4 Å². The van der Waals surface area contributed by atoms with Crippen molar-refractivity contribution in [1.29, 1.82) is 10.5 Å². The van der Waals surface area contributed by atoms with Gasteiger partial charge >= 0.3 is 0 Å². The summed E-state index contributed by atoms with van der Waals surface area (Å²) in [7, 11) is 0. The molecule has 0 aliphatic heterocycles. The summed E-state index contributed by atoms with van der Waals surface area (Å²) in [5, 5.41) is 22.0. The van der Waals surface area contributed by atoms with Crippen LogP contribution in [0.4, 0.5) is 5.69 Å². The third-order valence-electron chi connectivity index (χ3n) is 4.31. The largest absolute Gasteiger partial charge is 0.487 e. The Morgan fingerprint density at radius 1 is 1.06 bits per heavy atom. The number of ether oxygens (including phenoxy) is 1. The maximum atomic E-state index is 12.5. The van der Waals surface area contributed by atoms with Crippen molar-refractivity contribution >= 4 is 74.5 Å². The van der Waals surface area contributed by atoms with Crippen LogP contribution < -0.4 is 10.1 Å². The lowest BCUT2D eigenvalue weighted by Gasteiger charge is -2.12. The Bertz CT molecular complexity index is 1250. The molecular formula is C24H14ClI2N3O2. The van der Waals surface area contributed by atoms with E-state index in [9.17, 15) is 15.3 Å². The highest BCUT2D eigenvalue weighted by molar-refractivity contribution is 14.1. The number of benzene rings is 3. The number of halogens is 3. The Hall–Kier alpha value is -2.60. The average molecular weight is 666 g/mol. The molecule has 32 heavy (non-hydrogen) atoms. The molecule has 3 aromatic rings. The third-order valence-corrected chi connectivity index (χ3v) is 6.16. The summed E-state index contributed by atoms with van der Waals surface area (Å²) in [6.07, 6.45) is 1.53. The highest BCUT2D eigenvalue weighted by atomic mass is 127. The van der Waals surface area contributed by atoms with Crippen LogP contribution >= 0.6 is 56.8 Å². The minimum atomic E-state index is -0.506. The molecule has 0 unspecified atom stereocenters. The van der Waals surface area contributed by atoms with E-state index in [1.54, 1.807) is 30.3 Å². The quantitative estimate of drug-likeness (QED) is 0.184. The fraction of sp³-hybridized carbons (Fsp3) is 0.0417. The second-order valence-corrected chi connectivity index (χ2v) is 9.26. The summed E-state index contributed by atoms with van der Waals surface area (Å²) >= 11 is 10.2. The zero-order valence-electron chi connectivity index (χ0n) is 16.4. The van der Waals surface area contributed by atoms with Gasteiger partial charge in [-0.2, -0.15) is 10.5 Å². The van der Waals surface area contributed by atoms with Crippen molar-refractivity contribution in [2.24, 2.45) is 0 Å². The van der Waals surface area contributed by atoms with Crippen LogP contribution in [0.3, 0.4) is 0 Å². The molecule has 3 aromatic carbocycles. The molecule has 1 N–H and O–H groups in total. The predicted octanol–water partition coefficient (Wildman–Crippen LogP) is 6.55. The van der Waals surface area contributed by atoms with E-state index in [1.807, 2.05) is 36.4 Å². The Morgan fingerprint density at radius 3 is 2.34 bits per heavy atom. The first-order valence-corrected chi connectivity index (χ1v) is 11.7. The summed E-state index contributed by atoms with van der Waals surface area (Å²) in [6, 6.07) is 21.7. The zero-order chi connectivity index (χ0) is 23.1. The zero-order valence-corrected chi connectivity index (χ0v) is 21.5. The highest BCUT2D eigenvalue weighted by Crippen LogP contribution is 2.31. The van der Waals surface area contributed by atoms with Crippen molar-refractivity contribution in [3.63, 3.8) is 0 Å². The van der Waals surface area contributed by atoms with Gasteiger partial charge in [-0.15, -0.1) is 0 Å². The van der Waals surface area contributed by atoms with Crippen LogP contribution in [0.25, 0.3) is 6.08 Å². The number of hydrogen-bond donors (Lipinski definition) is 1. The molecule has 0 bridgehead atoms. The first-order chi connectivity index (χ1) is 15.4. The van der Waals surface area contributed by atoms with Crippen molar-refractivity contribution in [3.8, 4) is 17.9 Å². The van der Waals surface area contributed by atoms with E-state index >= 15 is 0 Å². The lowest BCUT2D eigenvalue weighted by Crippen LogP contribution is -2.13. The van der Waals surface area contributed by atoms with Crippen LogP contribution in [0.5, 0.6) is 5.75 Å². The van der Waals surface area contributed by atoms with Gasteiger partial charge in [0.05, 0.1) is 18.8 Å². The van der Waals surface area contributed by atoms with Gasteiger partial charge in [-0.05, 0) is 99.3 Å². The van der Waals surface area contributed by atoms with Crippen LogP contribution in [0.1, 0.15) is 16.7 Å². The number of nitrogens with one attached hydrogen (secondary N) is 1. The van der Waals surface area contributed by atoms with Crippen LogP contribution in [-0.4, -0.2) is 5.91 Å². The topological polar surface area (TPSA) is 85.9 Å². The molecule has 0 radical (unpaired) electrons. The first-order valence-electron chi connectivity index (χ1n) is 9.20. The fourth-order valence-electron chi connectivity index (χ4n) is 2.75. The van der Waals surface area contributed by atoms with Crippen molar-refractivity contribution in [2.75, 3.05) is 5.32 Å². The van der Waals surface area contributed by atoms with Crippen LogP contribution in [0.2, 0.25) is 5.02 Å². The van der Waals surface area contributed by atoms with Crippen LogP contribution in [0.15, 0.2) is 66.2 Å². The fourth-order valence-corrected chi connectivity index (χ4v) is 5.01. The molecular weight excluding hydrogens is 652 g/mol. The molecule has 0 fully saturated rings. The maximum Gasteiger partial charge on any atom is 0.266 e. The average Bonchev–Trinajstić information content (AvgIpc) is 2.78. The van der Waals surface area contributed by atoms with E-state index in [0.717, 1.165) is 12.7 Å². The molecule has 0 aliphatic rings. The summed E-state index contributed by atoms with van der Waals surface area (Å²) in [5.74, 6) is 0.175. The van der Waals surface area contributed by atoms with Gasteiger partial charge in [-0.25, -0.2) is 0 Å². The summed E-state index contributed by atoms with van der Waals surface area (Å²) in [5.41, 5.74) is 2.60. The Morgan fingerprint density at radius 2 is 1.72 bits per heavy atom. The number of hydrogen-bond acceptors (Lipinski definition) is 4. The standard InChI is InChI=1S/C24H14ClI2N3O2/c25-19-5-7-20(8-6-19)30-24(31)18(13-29)9-15-10-21(26)23(22(27)11-15)32-14-17-4-2-1-3-16(17)12-28/h1-11H,14H2,(H,30,31)/b18-9-. The van der Waals surface area contributed by atoms with Crippen molar-refractivity contribution in [1.82, 2.24) is 0 Å². The van der Waals surface area contributed by atoms with Gasteiger partial charge in [0.1, 0.15) is 24.0 Å². The van der Waals surface area contributed by atoms with Crippen LogP contribution in [0, 0.1) is 29.8 Å². The minimum Gasteiger partial charge on any atom is -0.487 e. The normalized spacial score (nSPS) is 10.7. The van der Waals surface area contributed by atoms with E-state index < -0.39 is 5.91 Å². The Kier molecular flexibility index (Phi) is 8.51. The molecule has 1 amide bonds. The molecule has 0 atom stereocenters. The monoisotopic (exact) mass is 665 g/mol. The first kappa shape index (κ1) is 24.1. The summed E-state index contributed by atoms with van der Waals surface area (Å²) in [4.78, 5) is 12.5. The number of nitrogens with zero attached hydrogens (tertiary/aromatic N) is 2. The number of amides is 1. The Balaban J connectivity index is 1.78. The maximum absolute atomic E-state index is 12.5. The van der Waals surface area contributed by atoms with Gasteiger partial charge in [-0.1, -0.05) is 29.8 Å². The van der Waals surface area contributed by atoms with Gasteiger partial charge < -0.3 is 10.1 Å². The molecule has 0 aliphatic carbocycles. The number of carbonyl (C=O) groups is 1. The number of nitriles is 2. The molecule has 0 spiro atoms. The Labute approximate surface area is 217 Å². The minimum absolute atomic E-state index is 0.0248. The molecule has 0 saturated heterocycles. The summed E-state index contributed by atoms with van der Waals surface area (Å²) in [6.45, 7) is 0.262. The van der Waals surface area contributed by atoms with E-state index in [2.05, 4.69) is 56.6 Å². The third kappa shape index (κ3) is 6.22. The smallest absolute Gasteiger partial charge is 0.266 e. The van der Waals surface area contributed by atoms with E-state index in [0.29, 0.717) is 27.6 Å². The lowest BCUT2D eigenvalue weighted by atomic mass is 10.1. The van der Waals surface area contributed by atoms with E-state index in [-0.39, 0.29) is 12.2 Å².